The van der Waals surface area contributed by atoms with Crippen molar-refractivity contribution in [2.45, 2.75) is 25.3 Å². The predicted octanol–water partition coefficient (Wildman–Crippen LogP) is 3.70. The molecule has 2 N–H and O–H groups in total. The third-order valence-corrected chi connectivity index (χ3v) is 2.44. The molecular weight excluding hydrogens is 194 g/mol. The van der Waals surface area contributed by atoms with Gasteiger partial charge in [0.15, 0.2) is 0 Å². The number of allylic oxidation sites excluding steroid dienone is 1. The summed E-state index contributed by atoms with van der Waals surface area (Å²) in [4.78, 5) is 0. The Labute approximate surface area is 90.6 Å². The van der Waals surface area contributed by atoms with E-state index in [0.29, 0.717) is 0 Å². The topological polar surface area (TPSA) is 26.0 Å². The van der Waals surface area contributed by atoms with Gasteiger partial charge in [-0.15, -0.1) is 6.58 Å². The lowest BCUT2D eigenvalue weighted by molar-refractivity contribution is 0.617. The molecule has 0 fully saturated rings. The molecule has 0 saturated carbocycles. The van der Waals surface area contributed by atoms with Crippen molar-refractivity contribution in [3.05, 3.63) is 47.5 Å². The van der Waals surface area contributed by atoms with E-state index in [-0.39, 0.29) is 6.04 Å². The maximum atomic E-state index is 6.01. The van der Waals surface area contributed by atoms with Gasteiger partial charge in [-0.3, -0.25) is 0 Å². The molecule has 0 amide bonds. The van der Waals surface area contributed by atoms with Crippen molar-refractivity contribution in [3.63, 3.8) is 0 Å². The average molecular weight is 210 g/mol. The zero-order chi connectivity index (χ0) is 10.4. The molecule has 1 aromatic carbocycles. The monoisotopic (exact) mass is 209 g/mol. The van der Waals surface area contributed by atoms with Crippen LogP contribution in [0.1, 0.15) is 30.9 Å². The largest absolute Gasteiger partial charge is 0.324 e. The fourth-order valence-corrected chi connectivity index (χ4v) is 1.58. The van der Waals surface area contributed by atoms with Crippen LogP contribution in [0.15, 0.2) is 36.9 Å². The highest BCUT2D eigenvalue weighted by Crippen LogP contribution is 2.20. The van der Waals surface area contributed by atoms with Crippen molar-refractivity contribution in [2.75, 3.05) is 0 Å². The van der Waals surface area contributed by atoms with E-state index in [2.05, 4.69) is 6.58 Å². The first-order valence-corrected chi connectivity index (χ1v) is 5.24. The van der Waals surface area contributed by atoms with Gasteiger partial charge in [0.2, 0.25) is 0 Å². The Morgan fingerprint density at radius 2 is 2.29 bits per heavy atom. The molecule has 0 aliphatic carbocycles. The lowest BCUT2D eigenvalue weighted by Crippen LogP contribution is -2.09. The summed E-state index contributed by atoms with van der Waals surface area (Å²) in [5.74, 6) is 0. The van der Waals surface area contributed by atoms with Crippen LogP contribution in [0.3, 0.4) is 0 Å². The van der Waals surface area contributed by atoms with Crippen molar-refractivity contribution < 1.29 is 0 Å². The van der Waals surface area contributed by atoms with E-state index in [1.165, 1.54) is 0 Å². The fraction of sp³-hybridized carbons (Fsp3) is 0.333. The number of hydrogen-bond acceptors (Lipinski definition) is 1. The molecule has 1 atom stereocenters. The summed E-state index contributed by atoms with van der Waals surface area (Å²) in [7, 11) is 0. The summed E-state index contributed by atoms with van der Waals surface area (Å²) in [6.45, 7) is 3.68. The Hall–Kier alpha value is -0.790. The molecular formula is C12H16ClN. The number of halogens is 1. The van der Waals surface area contributed by atoms with Crippen LogP contribution in [0.5, 0.6) is 0 Å². The molecule has 0 aromatic heterocycles. The Kier molecular flexibility index (Phi) is 4.71. The third-order valence-electron chi connectivity index (χ3n) is 2.20. The second-order valence-corrected chi connectivity index (χ2v) is 3.82. The second-order valence-electron chi connectivity index (χ2n) is 3.38. The molecule has 1 nitrogen and oxygen atoms in total. The molecule has 0 radical (unpaired) electrons. The fourth-order valence-electron chi connectivity index (χ4n) is 1.39. The number of nitrogens with two attached hydrogens (primary N) is 1. The smallest absolute Gasteiger partial charge is 0.0409 e. The molecule has 1 unspecified atom stereocenters. The number of rotatable bonds is 5. The maximum Gasteiger partial charge on any atom is 0.0409 e. The summed E-state index contributed by atoms with van der Waals surface area (Å²) in [5, 5.41) is 0.752. The van der Waals surface area contributed by atoms with Crippen LogP contribution in [-0.2, 0) is 0 Å². The van der Waals surface area contributed by atoms with Crippen LogP contribution < -0.4 is 5.73 Å². The van der Waals surface area contributed by atoms with Gasteiger partial charge in [0.05, 0.1) is 0 Å². The van der Waals surface area contributed by atoms with Gasteiger partial charge in [-0.1, -0.05) is 29.8 Å². The average Bonchev–Trinajstić information content (AvgIpc) is 2.18. The molecule has 14 heavy (non-hydrogen) atoms. The van der Waals surface area contributed by atoms with Crippen LogP contribution in [-0.4, -0.2) is 0 Å². The molecule has 2 heteroatoms. The highest BCUT2D eigenvalue weighted by molar-refractivity contribution is 6.30. The van der Waals surface area contributed by atoms with Crippen molar-refractivity contribution in [2.24, 2.45) is 5.73 Å². The Morgan fingerprint density at radius 3 is 2.93 bits per heavy atom. The van der Waals surface area contributed by atoms with E-state index in [9.17, 15) is 0 Å². The van der Waals surface area contributed by atoms with Crippen molar-refractivity contribution in [1.29, 1.82) is 0 Å². The summed E-state index contributed by atoms with van der Waals surface area (Å²) in [6, 6.07) is 7.84. The standard InChI is InChI=1S/C12H16ClN/c1-2-3-4-8-12(14)10-6-5-7-11(13)9-10/h2,5-7,9,12H,1,3-4,8,14H2. The molecule has 0 saturated heterocycles. The van der Waals surface area contributed by atoms with Crippen LogP contribution >= 0.6 is 11.6 Å². The Balaban J connectivity index is 2.51. The van der Waals surface area contributed by atoms with Gasteiger partial charge in [0.1, 0.15) is 0 Å². The molecule has 1 aromatic rings. The molecule has 0 aliphatic rings. The number of benzene rings is 1. The first-order chi connectivity index (χ1) is 6.74. The van der Waals surface area contributed by atoms with Crippen LogP contribution in [0.2, 0.25) is 5.02 Å². The summed E-state index contributed by atoms with van der Waals surface area (Å²) in [6.07, 6.45) is 5.00. The molecule has 1 rings (SSSR count). The van der Waals surface area contributed by atoms with Crippen LogP contribution in [0.25, 0.3) is 0 Å². The summed E-state index contributed by atoms with van der Waals surface area (Å²) >= 11 is 5.88. The zero-order valence-electron chi connectivity index (χ0n) is 8.25. The maximum absolute atomic E-state index is 6.01. The SMILES string of the molecule is C=CCCCC(N)c1cccc(Cl)c1. The first-order valence-electron chi connectivity index (χ1n) is 4.86. The second kappa shape index (κ2) is 5.84. The lowest BCUT2D eigenvalue weighted by atomic mass is 10.0. The van der Waals surface area contributed by atoms with E-state index >= 15 is 0 Å². The van der Waals surface area contributed by atoms with Gasteiger partial charge < -0.3 is 5.73 Å². The summed E-state index contributed by atoms with van der Waals surface area (Å²) in [5.41, 5.74) is 7.12. The zero-order valence-corrected chi connectivity index (χ0v) is 9.00. The minimum Gasteiger partial charge on any atom is -0.324 e. The van der Waals surface area contributed by atoms with E-state index in [4.69, 9.17) is 17.3 Å². The first kappa shape index (κ1) is 11.3. The van der Waals surface area contributed by atoms with Gasteiger partial charge in [-0.05, 0) is 37.0 Å². The quantitative estimate of drug-likeness (QED) is 0.581. The predicted molar refractivity (Wildman–Crippen MR) is 62.4 cm³/mol. The van der Waals surface area contributed by atoms with E-state index in [1.54, 1.807) is 0 Å². The Morgan fingerprint density at radius 1 is 1.50 bits per heavy atom. The van der Waals surface area contributed by atoms with Gasteiger partial charge in [0.25, 0.3) is 0 Å². The van der Waals surface area contributed by atoms with Crippen LogP contribution in [0, 0.1) is 0 Å². The molecule has 76 valence electrons. The highest BCUT2D eigenvalue weighted by atomic mass is 35.5. The van der Waals surface area contributed by atoms with E-state index in [0.717, 1.165) is 29.8 Å². The van der Waals surface area contributed by atoms with Crippen molar-refractivity contribution in [3.8, 4) is 0 Å². The molecule has 0 aliphatic heterocycles. The highest BCUT2D eigenvalue weighted by Gasteiger charge is 2.04. The molecule has 0 bridgehead atoms. The van der Waals surface area contributed by atoms with E-state index in [1.807, 2.05) is 30.3 Å². The minimum absolute atomic E-state index is 0.0913. The number of hydrogen-bond donors (Lipinski definition) is 1. The van der Waals surface area contributed by atoms with Gasteiger partial charge in [-0.2, -0.15) is 0 Å². The van der Waals surface area contributed by atoms with Gasteiger partial charge in [0, 0.05) is 11.1 Å². The lowest BCUT2D eigenvalue weighted by Gasteiger charge is -2.11. The van der Waals surface area contributed by atoms with Crippen molar-refractivity contribution >= 4 is 11.6 Å². The molecule has 0 spiro atoms. The summed E-state index contributed by atoms with van der Waals surface area (Å²) < 4.78 is 0. The van der Waals surface area contributed by atoms with Gasteiger partial charge in [-0.25, -0.2) is 0 Å². The van der Waals surface area contributed by atoms with Crippen LogP contribution in [0.4, 0.5) is 0 Å². The molecule has 0 heterocycles. The normalized spacial score (nSPS) is 12.4. The Bertz CT molecular complexity index is 296. The minimum atomic E-state index is 0.0913. The van der Waals surface area contributed by atoms with Crippen molar-refractivity contribution in [1.82, 2.24) is 0 Å². The van der Waals surface area contributed by atoms with Gasteiger partial charge >= 0.3 is 0 Å². The van der Waals surface area contributed by atoms with E-state index < -0.39 is 0 Å². The third kappa shape index (κ3) is 3.52. The number of unbranched alkanes of at least 4 members (excludes halogenated alkanes) is 1.